The highest BCUT2D eigenvalue weighted by Crippen LogP contribution is 2.23. The van der Waals surface area contributed by atoms with E-state index in [2.05, 4.69) is 26.3 Å². The number of carbonyl (C=O) groups excluding carboxylic acids is 1. The molecule has 3 rings (SSSR count). The van der Waals surface area contributed by atoms with Crippen molar-refractivity contribution in [3.8, 4) is 12.3 Å². The predicted molar refractivity (Wildman–Crippen MR) is 136 cm³/mol. The van der Waals surface area contributed by atoms with Crippen LogP contribution < -0.4 is 15.4 Å². The largest absolute Gasteiger partial charge is 0.365 e. The molecule has 0 radical (unpaired) electrons. The zero-order valence-electron chi connectivity index (χ0n) is 19.4. The second-order valence-electron chi connectivity index (χ2n) is 7.78. The molecular weight excluding hydrogens is 486 g/mol. The molecule has 0 spiro atoms. The minimum Gasteiger partial charge on any atom is -0.365 e. The number of pyridine rings is 1. The van der Waals surface area contributed by atoms with Gasteiger partial charge in [0.2, 0.25) is 15.9 Å². The second kappa shape index (κ2) is 12.0. The van der Waals surface area contributed by atoms with Crippen LogP contribution in [0.5, 0.6) is 0 Å². The number of rotatable bonds is 10. The number of halogens is 2. The van der Waals surface area contributed by atoms with E-state index in [1.54, 1.807) is 6.07 Å². The number of alkyl halides is 1. The quantitative estimate of drug-likeness (QED) is 0.283. The van der Waals surface area contributed by atoms with Gasteiger partial charge in [-0.2, -0.15) is 0 Å². The van der Waals surface area contributed by atoms with Gasteiger partial charge in [-0.05, 0) is 41.5 Å². The highest BCUT2D eigenvalue weighted by Gasteiger charge is 2.14. The summed E-state index contributed by atoms with van der Waals surface area (Å²) in [6.45, 7) is -0.310. The first-order valence-electron chi connectivity index (χ1n) is 10.7. The van der Waals surface area contributed by atoms with Crippen LogP contribution in [0.15, 0.2) is 60.7 Å². The first-order valence-corrected chi connectivity index (χ1v) is 12.6. The zero-order chi connectivity index (χ0) is 26.1. The van der Waals surface area contributed by atoms with Crippen molar-refractivity contribution in [2.24, 2.45) is 0 Å². The molecule has 0 atom stereocenters. The fraction of sp³-hybridized carbons (Fsp3) is 0.154. The maximum atomic E-state index is 14.4. The number of anilines is 2. The molecule has 10 heteroatoms. The molecule has 0 saturated carbocycles. The first-order chi connectivity index (χ1) is 17.2. The number of hydrogen-bond donors (Lipinski definition) is 3. The molecule has 1 aromatic heterocycles. The van der Waals surface area contributed by atoms with Crippen molar-refractivity contribution in [2.45, 2.75) is 19.8 Å². The third kappa shape index (κ3) is 7.65. The number of aromatic nitrogens is 1. The summed E-state index contributed by atoms with van der Waals surface area (Å²) in [5.74, 6) is 1.33. The van der Waals surface area contributed by atoms with Gasteiger partial charge in [0.05, 0.1) is 23.2 Å². The minimum absolute atomic E-state index is 0.00776. The number of terminal acetylenes is 1. The molecule has 0 bridgehead atoms. The Bertz CT molecular complexity index is 1420. The summed E-state index contributed by atoms with van der Waals surface area (Å²) in [5.41, 5.74) is 1.87. The van der Waals surface area contributed by atoms with E-state index in [1.165, 1.54) is 24.3 Å². The summed E-state index contributed by atoms with van der Waals surface area (Å²) in [6.07, 6.45) is 9.08. The Morgan fingerprint density at radius 1 is 1.11 bits per heavy atom. The van der Waals surface area contributed by atoms with Crippen molar-refractivity contribution < 1.29 is 22.0 Å². The number of amides is 1. The van der Waals surface area contributed by atoms with Crippen LogP contribution >= 0.6 is 0 Å². The lowest BCUT2D eigenvalue weighted by molar-refractivity contribution is -0.116. The van der Waals surface area contributed by atoms with Crippen molar-refractivity contribution in [2.75, 3.05) is 16.3 Å². The molecule has 0 aliphatic carbocycles. The van der Waals surface area contributed by atoms with Gasteiger partial charge in [0.15, 0.2) is 0 Å². The predicted octanol–water partition coefficient (Wildman–Crippen LogP) is 3.98. The lowest BCUT2D eigenvalue weighted by Gasteiger charge is -2.11. The van der Waals surface area contributed by atoms with Crippen molar-refractivity contribution in [3.05, 3.63) is 94.4 Å². The molecule has 36 heavy (non-hydrogen) atoms. The third-order valence-electron chi connectivity index (χ3n) is 4.90. The van der Waals surface area contributed by atoms with Crippen molar-refractivity contribution in [1.29, 1.82) is 0 Å². The van der Waals surface area contributed by atoms with Crippen LogP contribution in [-0.4, -0.2) is 25.6 Å². The van der Waals surface area contributed by atoms with Crippen molar-refractivity contribution in [3.63, 3.8) is 0 Å². The Morgan fingerprint density at radius 2 is 1.86 bits per heavy atom. The Balaban J connectivity index is 1.69. The maximum absolute atomic E-state index is 14.4. The molecule has 0 aliphatic heterocycles. The Morgan fingerprint density at radius 3 is 2.53 bits per heavy atom. The van der Waals surface area contributed by atoms with Gasteiger partial charge in [0, 0.05) is 24.7 Å². The lowest BCUT2D eigenvalue weighted by atomic mass is 10.1. The van der Waals surface area contributed by atoms with Crippen molar-refractivity contribution >= 4 is 33.5 Å². The van der Waals surface area contributed by atoms with Crippen LogP contribution in [-0.2, 0) is 34.6 Å². The molecular formula is C26H24F2N4O3S. The molecule has 0 fully saturated rings. The number of carbonyl (C=O) groups is 1. The van der Waals surface area contributed by atoms with E-state index in [4.69, 9.17) is 6.42 Å². The molecule has 0 saturated heterocycles. The van der Waals surface area contributed by atoms with Crippen LogP contribution in [0, 0.1) is 18.2 Å². The minimum atomic E-state index is -3.73. The van der Waals surface area contributed by atoms with E-state index < -0.39 is 28.4 Å². The van der Waals surface area contributed by atoms with Gasteiger partial charge >= 0.3 is 0 Å². The van der Waals surface area contributed by atoms with Crippen LogP contribution in [0.4, 0.5) is 20.3 Å². The van der Waals surface area contributed by atoms with Gasteiger partial charge in [0.1, 0.15) is 18.3 Å². The monoisotopic (exact) mass is 510 g/mol. The van der Waals surface area contributed by atoms with Gasteiger partial charge in [-0.25, -0.2) is 22.2 Å². The maximum Gasteiger partial charge on any atom is 0.244 e. The molecule has 3 aromatic rings. The summed E-state index contributed by atoms with van der Waals surface area (Å²) in [6, 6.07) is 15.3. The highest BCUT2D eigenvalue weighted by atomic mass is 32.2. The smallest absolute Gasteiger partial charge is 0.244 e. The molecule has 7 nitrogen and oxygen atoms in total. The molecule has 0 unspecified atom stereocenters. The fourth-order valence-electron chi connectivity index (χ4n) is 3.22. The van der Waals surface area contributed by atoms with E-state index in [0.717, 1.165) is 17.9 Å². The lowest BCUT2D eigenvalue weighted by Crippen LogP contribution is -2.21. The standard InChI is InChI=1S/C26H24F2N4O3S/c1-3-20-13-19(14-23(28)25(20)32-36(2,34)35)17-29-24(33)12-10-21-9-11-22(15-27)31-26(21)30-16-18-7-5-4-6-8-18/h1,4-14,32H,15-17H2,2H3,(H,29,33)(H,30,31). The van der Waals surface area contributed by atoms with Crippen LogP contribution in [0.2, 0.25) is 0 Å². The summed E-state index contributed by atoms with van der Waals surface area (Å²) >= 11 is 0. The number of nitrogens with one attached hydrogen (secondary N) is 3. The Hall–Kier alpha value is -4.23. The normalized spacial score (nSPS) is 11.2. The summed E-state index contributed by atoms with van der Waals surface area (Å²) < 4.78 is 52.5. The van der Waals surface area contributed by atoms with Gasteiger partial charge in [-0.3, -0.25) is 9.52 Å². The zero-order valence-corrected chi connectivity index (χ0v) is 20.2. The number of sulfonamides is 1. The van der Waals surface area contributed by atoms with Crippen LogP contribution in [0.1, 0.15) is 27.9 Å². The second-order valence-corrected chi connectivity index (χ2v) is 9.53. The molecule has 3 N–H and O–H groups in total. The van der Waals surface area contributed by atoms with E-state index >= 15 is 0 Å². The van der Waals surface area contributed by atoms with Crippen molar-refractivity contribution in [1.82, 2.24) is 10.3 Å². The van der Waals surface area contributed by atoms with Gasteiger partial charge in [0.25, 0.3) is 0 Å². The van der Waals surface area contributed by atoms with E-state index in [9.17, 15) is 22.0 Å². The molecule has 1 heterocycles. The van der Waals surface area contributed by atoms with E-state index in [1.807, 2.05) is 30.3 Å². The average molecular weight is 511 g/mol. The topological polar surface area (TPSA) is 100 Å². The molecule has 1 amide bonds. The van der Waals surface area contributed by atoms with Crippen LogP contribution in [0.3, 0.4) is 0 Å². The summed E-state index contributed by atoms with van der Waals surface area (Å²) in [4.78, 5) is 16.6. The Labute approximate surface area is 208 Å². The first kappa shape index (κ1) is 26.4. The van der Waals surface area contributed by atoms with Gasteiger partial charge in [-0.1, -0.05) is 36.3 Å². The molecule has 2 aromatic carbocycles. The number of benzene rings is 2. The van der Waals surface area contributed by atoms with E-state index in [-0.39, 0.29) is 23.5 Å². The summed E-state index contributed by atoms with van der Waals surface area (Å²) in [7, 11) is -3.73. The Kier molecular flexibility index (Phi) is 8.76. The van der Waals surface area contributed by atoms with Gasteiger partial charge in [-0.15, -0.1) is 6.42 Å². The van der Waals surface area contributed by atoms with Gasteiger partial charge < -0.3 is 10.6 Å². The van der Waals surface area contributed by atoms with E-state index in [0.29, 0.717) is 23.5 Å². The number of nitrogens with zero attached hydrogens (tertiary/aromatic N) is 1. The average Bonchev–Trinajstić information content (AvgIpc) is 2.86. The van der Waals surface area contributed by atoms with Crippen LogP contribution in [0.25, 0.3) is 6.08 Å². The fourth-order valence-corrected chi connectivity index (χ4v) is 3.80. The summed E-state index contributed by atoms with van der Waals surface area (Å²) in [5, 5.41) is 5.77. The molecule has 0 aliphatic rings. The number of hydrogen-bond acceptors (Lipinski definition) is 5. The third-order valence-corrected chi connectivity index (χ3v) is 5.47. The molecule has 186 valence electrons. The highest BCUT2D eigenvalue weighted by molar-refractivity contribution is 7.92. The SMILES string of the molecule is C#Cc1cc(CNC(=O)C=Cc2ccc(CF)nc2NCc2ccccc2)cc(F)c1NS(C)(=O)=O.